The van der Waals surface area contributed by atoms with Gasteiger partial charge in [0, 0.05) is 29.2 Å². The van der Waals surface area contributed by atoms with E-state index in [0.717, 1.165) is 22.6 Å². The molecule has 5 nitrogen and oxygen atoms in total. The van der Waals surface area contributed by atoms with Crippen LogP contribution in [0.5, 0.6) is 0 Å². The van der Waals surface area contributed by atoms with E-state index in [1.807, 2.05) is 36.4 Å². The maximum Gasteiger partial charge on any atom is 0.181 e. The molecule has 2 aromatic heterocycles. The van der Waals surface area contributed by atoms with Gasteiger partial charge in [0.2, 0.25) is 0 Å². The highest BCUT2D eigenvalue weighted by molar-refractivity contribution is 5.62. The van der Waals surface area contributed by atoms with E-state index in [1.54, 1.807) is 12.4 Å². The molecular weight excluding hydrogens is 226 g/mol. The minimum absolute atomic E-state index is 0.654. The third kappa shape index (κ3) is 1.93. The number of nitrogens with two attached hydrogens (primary N) is 1. The number of anilines is 1. The number of hydrogen-bond acceptors (Lipinski definition) is 4. The van der Waals surface area contributed by atoms with Crippen molar-refractivity contribution in [2.75, 3.05) is 5.73 Å². The number of rotatable bonds is 2. The Balaban J connectivity index is 1.97. The van der Waals surface area contributed by atoms with Crippen molar-refractivity contribution in [1.82, 2.24) is 20.2 Å². The van der Waals surface area contributed by atoms with Crippen LogP contribution < -0.4 is 5.73 Å². The summed E-state index contributed by atoms with van der Waals surface area (Å²) in [5.74, 6) is 1.38. The number of pyridine rings is 1. The average molecular weight is 237 g/mol. The maximum atomic E-state index is 5.65. The van der Waals surface area contributed by atoms with Crippen LogP contribution >= 0.6 is 0 Å². The van der Waals surface area contributed by atoms with Crippen molar-refractivity contribution in [1.29, 1.82) is 0 Å². The third-order valence-electron chi connectivity index (χ3n) is 2.61. The van der Waals surface area contributed by atoms with Crippen LogP contribution in [0, 0.1) is 0 Å². The smallest absolute Gasteiger partial charge is 0.181 e. The molecule has 3 rings (SSSR count). The zero-order valence-electron chi connectivity index (χ0n) is 9.54. The van der Waals surface area contributed by atoms with Crippen LogP contribution in [0.1, 0.15) is 0 Å². The highest BCUT2D eigenvalue weighted by Gasteiger charge is 2.06. The van der Waals surface area contributed by atoms with Crippen molar-refractivity contribution in [3.63, 3.8) is 0 Å². The Kier molecular flexibility index (Phi) is 2.49. The topological polar surface area (TPSA) is 80.5 Å². The van der Waals surface area contributed by atoms with Crippen LogP contribution in [0.3, 0.4) is 0 Å². The fraction of sp³-hybridized carbons (Fsp3) is 0. The van der Waals surface area contributed by atoms with Crippen molar-refractivity contribution in [2.45, 2.75) is 0 Å². The van der Waals surface area contributed by atoms with E-state index in [-0.39, 0.29) is 0 Å². The Bertz CT molecular complexity index is 643. The number of aromatic nitrogens is 4. The first kappa shape index (κ1) is 10.5. The lowest BCUT2D eigenvalue weighted by Crippen LogP contribution is -1.85. The summed E-state index contributed by atoms with van der Waals surface area (Å²) in [6.07, 6.45) is 3.45. The van der Waals surface area contributed by atoms with Gasteiger partial charge in [-0.05, 0) is 36.4 Å². The van der Waals surface area contributed by atoms with Crippen molar-refractivity contribution in [3.05, 3.63) is 48.8 Å². The fourth-order valence-corrected chi connectivity index (χ4v) is 1.66. The van der Waals surface area contributed by atoms with Gasteiger partial charge in [-0.25, -0.2) is 4.98 Å². The molecule has 0 fully saturated rings. The SMILES string of the molecule is Nc1ccc(-c2n[nH]c(-c3ccncc3)n2)cc1. The van der Waals surface area contributed by atoms with Gasteiger partial charge in [-0.3, -0.25) is 10.1 Å². The molecule has 0 saturated heterocycles. The molecule has 0 aliphatic rings. The maximum absolute atomic E-state index is 5.65. The number of H-pyrrole nitrogens is 1. The molecule has 0 unspecified atom stereocenters. The van der Waals surface area contributed by atoms with Crippen LogP contribution in [-0.4, -0.2) is 20.2 Å². The van der Waals surface area contributed by atoms with Gasteiger partial charge in [0.05, 0.1) is 0 Å². The summed E-state index contributed by atoms with van der Waals surface area (Å²) in [5, 5.41) is 7.11. The van der Waals surface area contributed by atoms with Crippen LogP contribution in [0.25, 0.3) is 22.8 Å². The zero-order chi connectivity index (χ0) is 12.4. The second-order valence-electron chi connectivity index (χ2n) is 3.87. The third-order valence-corrected chi connectivity index (χ3v) is 2.61. The molecular formula is C13H11N5. The number of nitrogens with zero attached hydrogens (tertiary/aromatic N) is 3. The first-order valence-corrected chi connectivity index (χ1v) is 5.51. The van der Waals surface area contributed by atoms with Gasteiger partial charge >= 0.3 is 0 Å². The van der Waals surface area contributed by atoms with Crippen molar-refractivity contribution in [2.24, 2.45) is 0 Å². The van der Waals surface area contributed by atoms with E-state index >= 15 is 0 Å². The van der Waals surface area contributed by atoms with E-state index in [1.165, 1.54) is 0 Å². The first-order chi connectivity index (χ1) is 8.83. The van der Waals surface area contributed by atoms with Crippen LogP contribution in [0.2, 0.25) is 0 Å². The highest BCUT2D eigenvalue weighted by atomic mass is 15.2. The number of hydrogen-bond donors (Lipinski definition) is 2. The van der Waals surface area contributed by atoms with Gasteiger partial charge in [-0.1, -0.05) is 0 Å². The summed E-state index contributed by atoms with van der Waals surface area (Å²) in [6, 6.07) is 11.2. The Morgan fingerprint density at radius 1 is 0.889 bits per heavy atom. The number of aromatic amines is 1. The molecule has 5 heteroatoms. The van der Waals surface area contributed by atoms with Gasteiger partial charge in [0.15, 0.2) is 11.6 Å². The molecule has 0 aliphatic carbocycles. The molecule has 0 radical (unpaired) electrons. The summed E-state index contributed by atoms with van der Waals surface area (Å²) in [6.45, 7) is 0. The summed E-state index contributed by atoms with van der Waals surface area (Å²) in [7, 11) is 0. The monoisotopic (exact) mass is 237 g/mol. The summed E-state index contributed by atoms with van der Waals surface area (Å²) in [5.41, 5.74) is 8.26. The molecule has 0 saturated carbocycles. The molecule has 0 spiro atoms. The van der Waals surface area contributed by atoms with Crippen LogP contribution in [0.15, 0.2) is 48.8 Å². The molecule has 0 amide bonds. The number of nitrogens with one attached hydrogen (secondary N) is 1. The van der Waals surface area contributed by atoms with Gasteiger partial charge in [0.1, 0.15) is 0 Å². The largest absolute Gasteiger partial charge is 0.399 e. The Morgan fingerprint density at radius 2 is 1.61 bits per heavy atom. The van der Waals surface area contributed by atoms with E-state index in [2.05, 4.69) is 20.2 Å². The number of benzene rings is 1. The van der Waals surface area contributed by atoms with Gasteiger partial charge < -0.3 is 5.73 Å². The molecule has 3 aromatic rings. The lowest BCUT2D eigenvalue weighted by Gasteiger charge is -1.95. The average Bonchev–Trinajstić information content (AvgIpc) is 2.90. The Hall–Kier alpha value is -2.69. The standard InChI is InChI=1S/C13H11N5/c14-11-3-1-9(2-4-11)12-16-13(18-17-12)10-5-7-15-8-6-10/h1-8H,14H2,(H,16,17,18). The first-order valence-electron chi connectivity index (χ1n) is 5.51. The van der Waals surface area contributed by atoms with Gasteiger partial charge in [-0.2, -0.15) is 5.10 Å². The van der Waals surface area contributed by atoms with E-state index in [4.69, 9.17) is 5.73 Å². The molecule has 1 aromatic carbocycles. The summed E-state index contributed by atoms with van der Waals surface area (Å²) >= 11 is 0. The normalized spacial score (nSPS) is 10.4. The van der Waals surface area contributed by atoms with Crippen molar-refractivity contribution >= 4 is 5.69 Å². The Morgan fingerprint density at radius 3 is 2.33 bits per heavy atom. The minimum atomic E-state index is 0.654. The molecule has 18 heavy (non-hydrogen) atoms. The summed E-state index contributed by atoms with van der Waals surface area (Å²) in [4.78, 5) is 8.41. The van der Waals surface area contributed by atoms with E-state index in [9.17, 15) is 0 Å². The predicted molar refractivity (Wildman–Crippen MR) is 69.5 cm³/mol. The van der Waals surface area contributed by atoms with Crippen LogP contribution in [-0.2, 0) is 0 Å². The quantitative estimate of drug-likeness (QED) is 0.669. The van der Waals surface area contributed by atoms with Crippen LogP contribution in [0.4, 0.5) is 5.69 Å². The Labute approximate surface area is 104 Å². The lowest BCUT2D eigenvalue weighted by molar-refractivity contribution is 1.10. The van der Waals surface area contributed by atoms with Gasteiger partial charge in [0.25, 0.3) is 0 Å². The fourth-order valence-electron chi connectivity index (χ4n) is 1.66. The van der Waals surface area contributed by atoms with E-state index < -0.39 is 0 Å². The zero-order valence-corrected chi connectivity index (χ0v) is 9.54. The predicted octanol–water partition coefficient (Wildman–Crippen LogP) is 2.12. The van der Waals surface area contributed by atoms with Crippen molar-refractivity contribution < 1.29 is 0 Å². The lowest BCUT2D eigenvalue weighted by atomic mass is 10.2. The highest BCUT2D eigenvalue weighted by Crippen LogP contribution is 2.20. The minimum Gasteiger partial charge on any atom is -0.399 e. The van der Waals surface area contributed by atoms with Crippen molar-refractivity contribution in [3.8, 4) is 22.8 Å². The molecule has 0 aliphatic heterocycles. The van der Waals surface area contributed by atoms with Gasteiger partial charge in [-0.15, -0.1) is 0 Å². The molecule has 3 N–H and O–H groups in total. The molecule has 2 heterocycles. The van der Waals surface area contributed by atoms with E-state index in [0.29, 0.717) is 5.82 Å². The number of nitrogen functional groups attached to an aromatic ring is 1. The molecule has 0 atom stereocenters. The summed E-state index contributed by atoms with van der Waals surface area (Å²) < 4.78 is 0. The molecule has 88 valence electrons. The molecule has 0 bridgehead atoms. The second kappa shape index (κ2) is 4.29. The second-order valence-corrected chi connectivity index (χ2v) is 3.87.